The van der Waals surface area contributed by atoms with Crippen LogP contribution < -0.4 is 14.8 Å². The number of carbonyl (C=O) groups is 1. The Morgan fingerprint density at radius 1 is 1.20 bits per heavy atom. The number of hydrogen-bond acceptors (Lipinski definition) is 4. The predicted molar refractivity (Wildman–Crippen MR) is 96.5 cm³/mol. The Hall–Kier alpha value is -2.53. The molecule has 0 aliphatic carbocycles. The lowest BCUT2D eigenvalue weighted by Gasteiger charge is -2.13. The molecule has 0 saturated carbocycles. The molecule has 0 radical (unpaired) electrons. The number of nitrogens with one attached hydrogen (secondary N) is 1. The first-order valence-electron chi connectivity index (χ1n) is 8.64. The average Bonchev–Trinajstić information content (AvgIpc) is 3.16. The molecule has 1 atom stereocenters. The third-order valence-electron chi connectivity index (χ3n) is 3.99. The molecule has 25 heavy (non-hydrogen) atoms. The first kappa shape index (κ1) is 17.3. The van der Waals surface area contributed by atoms with Crippen molar-refractivity contribution in [3.8, 4) is 11.5 Å². The van der Waals surface area contributed by atoms with E-state index in [0.29, 0.717) is 36.0 Å². The number of anilines is 1. The molecule has 1 aliphatic rings. The van der Waals surface area contributed by atoms with Gasteiger partial charge in [-0.3, -0.25) is 4.79 Å². The molecule has 0 bridgehead atoms. The van der Waals surface area contributed by atoms with Crippen LogP contribution in [-0.4, -0.2) is 31.8 Å². The largest absolute Gasteiger partial charge is 0.492 e. The molecule has 0 aromatic heterocycles. The molecular weight excluding hydrogens is 318 g/mol. The highest BCUT2D eigenvalue weighted by Gasteiger charge is 2.16. The number of rotatable bonds is 7. The van der Waals surface area contributed by atoms with Crippen LogP contribution in [0.15, 0.2) is 48.5 Å². The lowest BCUT2D eigenvalue weighted by Crippen LogP contribution is -2.17. The molecule has 2 aromatic carbocycles. The number of hydrogen-bond donors (Lipinski definition) is 1. The number of benzene rings is 2. The summed E-state index contributed by atoms with van der Waals surface area (Å²) < 4.78 is 16.9. The number of carbonyl (C=O) groups excluding carboxylic acids is 1. The van der Waals surface area contributed by atoms with Gasteiger partial charge in [-0.15, -0.1) is 0 Å². The lowest BCUT2D eigenvalue weighted by atomic mass is 10.2. The number of para-hydroxylation sites is 2. The van der Waals surface area contributed by atoms with Crippen LogP contribution in [0.25, 0.3) is 0 Å². The predicted octanol–water partition coefficient (Wildman–Crippen LogP) is 3.90. The van der Waals surface area contributed by atoms with Crippen molar-refractivity contribution in [1.82, 2.24) is 0 Å². The van der Waals surface area contributed by atoms with Crippen LogP contribution in [0.2, 0.25) is 0 Å². The van der Waals surface area contributed by atoms with Gasteiger partial charge >= 0.3 is 0 Å². The van der Waals surface area contributed by atoms with Crippen LogP contribution in [0.4, 0.5) is 5.69 Å². The maximum atomic E-state index is 12.5. The third kappa shape index (κ3) is 4.73. The molecule has 1 heterocycles. The summed E-state index contributed by atoms with van der Waals surface area (Å²) >= 11 is 0. The minimum atomic E-state index is -0.199. The molecule has 2 aromatic rings. The molecule has 0 spiro atoms. The Balaban J connectivity index is 1.65. The van der Waals surface area contributed by atoms with E-state index in [-0.39, 0.29) is 12.0 Å². The van der Waals surface area contributed by atoms with Crippen LogP contribution in [-0.2, 0) is 4.74 Å². The van der Waals surface area contributed by atoms with Crippen molar-refractivity contribution in [2.75, 3.05) is 25.1 Å². The van der Waals surface area contributed by atoms with Gasteiger partial charge in [0.1, 0.15) is 18.1 Å². The smallest absolute Gasteiger partial charge is 0.255 e. The fourth-order valence-electron chi connectivity index (χ4n) is 2.74. The van der Waals surface area contributed by atoms with Gasteiger partial charge in [0.05, 0.1) is 18.4 Å². The SMILES string of the molecule is CCOc1ccccc1NC(=O)c1cccc(OCC2CCCO2)c1. The van der Waals surface area contributed by atoms with Crippen LogP contribution in [0.5, 0.6) is 11.5 Å². The van der Waals surface area contributed by atoms with Crippen molar-refractivity contribution < 1.29 is 19.0 Å². The molecule has 5 nitrogen and oxygen atoms in total. The fourth-order valence-corrected chi connectivity index (χ4v) is 2.74. The lowest BCUT2D eigenvalue weighted by molar-refractivity contribution is 0.0679. The van der Waals surface area contributed by atoms with Gasteiger partial charge in [-0.2, -0.15) is 0 Å². The zero-order chi connectivity index (χ0) is 17.5. The molecule has 1 amide bonds. The van der Waals surface area contributed by atoms with E-state index in [9.17, 15) is 4.79 Å². The standard InChI is InChI=1S/C20H23NO4/c1-2-23-19-11-4-3-10-18(19)21-20(22)15-7-5-8-16(13-15)25-14-17-9-6-12-24-17/h3-5,7-8,10-11,13,17H,2,6,9,12,14H2,1H3,(H,21,22). The van der Waals surface area contributed by atoms with E-state index in [0.717, 1.165) is 19.4 Å². The van der Waals surface area contributed by atoms with Gasteiger partial charge in [0.15, 0.2) is 0 Å². The minimum absolute atomic E-state index is 0.149. The van der Waals surface area contributed by atoms with E-state index >= 15 is 0 Å². The third-order valence-corrected chi connectivity index (χ3v) is 3.99. The van der Waals surface area contributed by atoms with Gasteiger partial charge in [-0.25, -0.2) is 0 Å². The maximum absolute atomic E-state index is 12.5. The van der Waals surface area contributed by atoms with Crippen LogP contribution in [0, 0.1) is 0 Å². The molecule has 1 aliphatic heterocycles. The summed E-state index contributed by atoms with van der Waals surface area (Å²) in [7, 11) is 0. The Morgan fingerprint density at radius 2 is 2.08 bits per heavy atom. The Labute approximate surface area is 147 Å². The number of ether oxygens (including phenoxy) is 3. The second-order valence-corrected chi connectivity index (χ2v) is 5.86. The minimum Gasteiger partial charge on any atom is -0.492 e. The summed E-state index contributed by atoms with van der Waals surface area (Å²) in [6.07, 6.45) is 2.25. The molecule has 1 N–H and O–H groups in total. The van der Waals surface area contributed by atoms with Gasteiger partial charge in [0.2, 0.25) is 0 Å². The van der Waals surface area contributed by atoms with Gasteiger partial charge < -0.3 is 19.5 Å². The fraction of sp³-hybridized carbons (Fsp3) is 0.350. The summed E-state index contributed by atoms with van der Waals surface area (Å²) in [6.45, 7) is 3.76. The summed E-state index contributed by atoms with van der Waals surface area (Å²) in [5, 5.41) is 2.89. The van der Waals surface area contributed by atoms with Gasteiger partial charge in [0, 0.05) is 12.2 Å². The summed E-state index contributed by atoms with van der Waals surface area (Å²) in [5.74, 6) is 1.13. The van der Waals surface area contributed by atoms with Crippen LogP contribution in [0.3, 0.4) is 0 Å². The zero-order valence-electron chi connectivity index (χ0n) is 14.4. The highest BCUT2D eigenvalue weighted by atomic mass is 16.5. The summed E-state index contributed by atoms with van der Waals surface area (Å²) in [6, 6.07) is 14.6. The molecule has 1 unspecified atom stereocenters. The van der Waals surface area contributed by atoms with Gasteiger partial charge in [-0.1, -0.05) is 18.2 Å². The van der Waals surface area contributed by atoms with Crippen LogP contribution in [0.1, 0.15) is 30.1 Å². The van der Waals surface area contributed by atoms with Crippen molar-refractivity contribution in [2.45, 2.75) is 25.9 Å². The average molecular weight is 341 g/mol. The molecular formula is C20H23NO4. The van der Waals surface area contributed by atoms with Crippen molar-refractivity contribution in [1.29, 1.82) is 0 Å². The van der Waals surface area contributed by atoms with E-state index in [4.69, 9.17) is 14.2 Å². The Bertz CT molecular complexity index is 710. The monoisotopic (exact) mass is 341 g/mol. The quantitative estimate of drug-likeness (QED) is 0.830. The van der Waals surface area contributed by atoms with E-state index < -0.39 is 0 Å². The van der Waals surface area contributed by atoms with E-state index in [1.165, 1.54) is 0 Å². The first-order valence-corrected chi connectivity index (χ1v) is 8.64. The molecule has 3 rings (SSSR count). The maximum Gasteiger partial charge on any atom is 0.255 e. The molecule has 132 valence electrons. The summed E-state index contributed by atoms with van der Waals surface area (Å²) in [5.41, 5.74) is 1.19. The molecule has 5 heteroatoms. The highest BCUT2D eigenvalue weighted by molar-refractivity contribution is 6.05. The molecule has 1 fully saturated rings. The van der Waals surface area contributed by atoms with Crippen molar-refractivity contribution >= 4 is 11.6 Å². The van der Waals surface area contributed by atoms with E-state index in [1.54, 1.807) is 12.1 Å². The van der Waals surface area contributed by atoms with Gasteiger partial charge in [0.25, 0.3) is 5.91 Å². The Morgan fingerprint density at radius 3 is 2.88 bits per heavy atom. The molecule has 1 saturated heterocycles. The Kier molecular flexibility index (Phi) is 5.90. The van der Waals surface area contributed by atoms with Gasteiger partial charge in [-0.05, 0) is 50.1 Å². The van der Waals surface area contributed by atoms with E-state index in [2.05, 4.69) is 5.32 Å². The first-order chi connectivity index (χ1) is 12.3. The van der Waals surface area contributed by atoms with Crippen molar-refractivity contribution in [2.24, 2.45) is 0 Å². The second-order valence-electron chi connectivity index (χ2n) is 5.86. The van der Waals surface area contributed by atoms with E-state index in [1.807, 2.05) is 43.3 Å². The van der Waals surface area contributed by atoms with Crippen LogP contribution >= 0.6 is 0 Å². The summed E-state index contributed by atoms with van der Waals surface area (Å²) in [4.78, 5) is 12.5. The zero-order valence-corrected chi connectivity index (χ0v) is 14.4. The second kappa shape index (κ2) is 8.53. The number of amides is 1. The normalized spacial score (nSPS) is 16.4. The van der Waals surface area contributed by atoms with Crippen molar-refractivity contribution in [3.63, 3.8) is 0 Å². The van der Waals surface area contributed by atoms with Crippen molar-refractivity contribution in [3.05, 3.63) is 54.1 Å². The topological polar surface area (TPSA) is 56.8 Å². The highest BCUT2D eigenvalue weighted by Crippen LogP contribution is 2.25.